The van der Waals surface area contributed by atoms with Crippen molar-refractivity contribution in [3.8, 4) is 5.75 Å². The highest BCUT2D eigenvalue weighted by molar-refractivity contribution is 6.02. The molecule has 7 heteroatoms. The summed E-state index contributed by atoms with van der Waals surface area (Å²) in [6, 6.07) is 17.3. The maximum atomic E-state index is 13.3. The molecule has 0 aliphatic carbocycles. The molecule has 0 saturated carbocycles. The minimum atomic E-state index is -0.395. The first-order valence-corrected chi connectivity index (χ1v) is 10.1. The van der Waals surface area contributed by atoms with Gasteiger partial charge < -0.3 is 14.5 Å². The smallest absolute Gasteiger partial charge is 0.291 e. The van der Waals surface area contributed by atoms with E-state index in [1.54, 1.807) is 29.1 Å². The molecule has 0 aliphatic rings. The van der Waals surface area contributed by atoms with Crippen molar-refractivity contribution < 1.29 is 18.3 Å². The van der Waals surface area contributed by atoms with Crippen molar-refractivity contribution in [1.82, 2.24) is 9.78 Å². The topological polar surface area (TPSA) is 69.3 Å². The maximum absolute atomic E-state index is 13.3. The molecular weight excluding hydrogens is 409 g/mol. The Balaban J connectivity index is 1.34. The molecule has 0 radical (unpaired) electrons. The quantitative estimate of drug-likeness (QED) is 0.369. The van der Waals surface area contributed by atoms with Crippen LogP contribution in [0.25, 0.3) is 0 Å². The third-order valence-corrected chi connectivity index (χ3v) is 4.72. The second kappa shape index (κ2) is 9.78. The molecule has 0 fully saturated rings. The van der Waals surface area contributed by atoms with Gasteiger partial charge in [0.2, 0.25) is 0 Å². The van der Waals surface area contributed by atoms with Crippen LogP contribution in [-0.2, 0) is 19.6 Å². The van der Waals surface area contributed by atoms with E-state index in [2.05, 4.69) is 17.0 Å². The number of halogens is 1. The van der Waals surface area contributed by atoms with Gasteiger partial charge in [0.1, 0.15) is 23.9 Å². The number of nitrogens with zero attached hydrogens (tertiary/aromatic N) is 2. The van der Waals surface area contributed by atoms with E-state index >= 15 is 0 Å². The Morgan fingerprint density at radius 2 is 2.06 bits per heavy atom. The summed E-state index contributed by atoms with van der Waals surface area (Å²) >= 11 is 0. The van der Waals surface area contributed by atoms with E-state index in [4.69, 9.17) is 9.15 Å². The highest BCUT2D eigenvalue weighted by atomic mass is 19.1. The van der Waals surface area contributed by atoms with Crippen molar-refractivity contribution in [3.05, 3.63) is 114 Å². The molecule has 32 heavy (non-hydrogen) atoms. The van der Waals surface area contributed by atoms with Gasteiger partial charge in [-0.1, -0.05) is 36.4 Å². The molecule has 1 amide bonds. The molecule has 2 aromatic carbocycles. The van der Waals surface area contributed by atoms with Gasteiger partial charge in [-0.25, -0.2) is 4.39 Å². The SMILES string of the molecule is C=CCc1ccccc1OCc1ccc(C(=O)Nc2cnn(Cc3cccc(F)c3)c2)o1. The van der Waals surface area contributed by atoms with Crippen LogP contribution in [0.4, 0.5) is 10.1 Å². The van der Waals surface area contributed by atoms with Gasteiger partial charge in [0.15, 0.2) is 5.76 Å². The summed E-state index contributed by atoms with van der Waals surface area (Å²) in [5, 5.41) is 6.95. The maximum Gasteiger partial charge on any atom is 0.291 e. The van der Waals surface area contributed by atoms with Gasteiger partial charge in [-0.3, -0.25) is 9.48 Å². The number of allylic oxidation sites excluding steroid dienone is 1. The number of furan rings is 1. The number of ether oxygens (including phenoxy) is 1. The summed E-state index contributed by atoms with van der Waals surface area (Å²) in [4.78, 5) is 12.5. The average Bonchev–Trinajstić information content (AvgIpc) is 3.43. The number of para-hydroxylation sites is 1. The van der Waals surface area contributed by atoms with Crippen LogP contribution in [0.3, 0.4) is 0 Å². The fourth-order valence-corrected chi connectivity index (χ4v) is 3.22. The molecule has 4 rings (SSSR count). The second-order valence-electron chi connectivity index (χ2n) is 7.17. The number of nitrogens with one attached hydrogen (secondary N) is 1. The van der Waals surface area contributed by atoms with Gasteiger partial charge in [0.25, 0.3) is 5.91 Å². The summed E-state index contributed by atoms with van der Waals surface area (Å²) in [6.45, 7) is 4.35. The molecule has 2 heterocycles. The van der Waals surface area contributed by atoms with E-state index in [1.165, 1.54) is 18.3 Å². The van der Waals surface area contributed by atoms with Crippen LogP contribution in [0.15, 0.2) is 90.1 Å². The zero-order chi connectivity index (χ0) is 22.3. The molecule has 0 aliphatic heterocycles. The van der Waals surface area contributed by atoms with Crippen LogP contribution in [-0.4, -0.2) is 15.7 Å². The first-order valence-electron chi connectivity index (χ1n) is 10.1. The fourth-order valence-electron chi connectivity index (χ4n) is 3.22. The Labute approximate surface area is 184 Å². The normalized spacial score (nSPS) is 10.7. The lowest BCUT2D eigenvalue weighted by atomic mass is 10.1. The molecule has 0 spiro atoms. The number of anilines is 1. The van der Waals surface area contributed by atoms with Crippen molar-refractivity contribution in [3.63, 3.8) is 0 Å². The Hall–Kier alpha value is -4.13. The van der Waals surface area contributed by atoms with Crippen LogP contribution in [0, 0.1) is 5.82 Å². The zero-order valence-electron chi connectivity index (χ0n) is 17.3. The van der Waals surface area contributed by atoms with Crippen LogP contribution in [0.2, 0.25) is 0 Å². The van der Waals surface area contributed by atoms with E-state index < -0.39 is 5.91 Å². The molecule has 0 saturated heterocycles. The van der Waals surface area contributed by atoms with Crippen molar-refractivity contribution >= 4 is 11.6 Å². The van der Waals surface area contributed by atoms with E-state index in [-0.39, 0.29) is 18.2 Å². The third kappa shape index (κ3) is 5.31. The van der Waals surface area contributed by atoms with Crippen molar-refractivity contribution in [2.24, 2.45) is 0 Å². The molecule has 0 atom stereocenters. The van der Waals surface area contributed by atoms with Gasteiger partial charge in [-0.05, 0) is 47.9 Å². The second-order valence-corrected chi connectivity index (χ2v) is 7.17. The predicted molar refractivity (Wildman–Crippen MR) is 119 cm³/mol. The third-order valence-electron chi connectivity index (χ3n) is 4.72. The van der Waals surface area contributed by atoms with Gasteiger partial charge in [0, 0.05) is 6.20 Å². The van der Waals surface area contributed by atoms with Crippen LogP contribution >= 0.6 is 0 Å². The van der Waals surface area contributed by atoms with Gasteiger partial charge in [-0.2, -0.15) is 5.10 Å². The number of amides is 1. The summed E-state index contributed by atoms with van der Waals surface area (Å²) in [7, 11) is 0. The van der Waals surface area contributed by atoms with Gasteiger partial charge in [0.05, 0.1) is 18.4 Å². The monoisotopic (exact) mass is 431 g/mol. The summed E-state index contributed by atoms with van der Waals surface area (Å²) < 4.78 is 26.4. The van der Waals surface area contributed by atoms with E-state index in [0.29, 0.717) is 24.4 Å². The van der Waals surface area contributed by atoms with Gasteiger partial charge in [-0.15, -0.1) is 6.58 Å². The molecule has 0 unspecified atom stereocenters. The van der Waals surface area contributed by atoms with Crippen molar-refractivity contribution in [1.29, 1.82) is 0 Å². The largest absolute Gasteiger partial charge is 0.485 e. The van der Waals surface area contributed by atoms with Crippen molar-refractivity contribution in [2.75, 3.05) is 5.32 Å². The molecule has 162 valence electrons. The zero-order valence-corrected chi connectivity index (χ0v) is 17.3. The number of hydrogen-bond acceptors (Lipinski definition) is 4. The lowest BCUT2D eigenvalue weighted by Gasteiger charge is -2.08. The molecule has 6 nitrogen and oxygen atoms in total. The van der Waals surface area contributed by atoms with Crippen molar-refractivity contribution in [2.45, 2.75) is 19.6 Å². The summed E-state index contributed by atoms with van der Waals surface area (Å²) in [5.74, 6) is 0.755. The number of carbonyl (C=O) groups excluding carboxylic acids is 1. The van der Waals surface area contributed by atoms with E-state index in [0.717, 1.165) is 16.9 Å². The highest BCUT2D eigenvalue weighted by Gasteiger charge is 2.13. The van der Waals surface area contributed by atoms with E-state index in [9.17, 15) is 9.18 Å². The average molecular weight is 431 g/mol. The Morgan fingerprint density at radius 3 is 2.91 bits per heavy atom. The number of aromatic nitrogens is 2. The standard InChI is InChI=1S/C25H22FN3O3/c1-2-6-19-8-3-4-10-23(19)31-17-22-11-12-24(32-22)25(30)28-21-14-27-29(16-21)15-18-7-5-9-20(26)13-18/h2-5,7-14,16H,1,6,15,17H2,(H,28,30). The lowest BCUT2D eigenvalue weighted by Crippen LogP contribution is -2.10. The number of carbonyl (C=O) groups is 1. The Morgan fingerprint density at radius 1 is 1.19 bits per heavy atom. The number of benzene rings is 2. The summed E-state index contributed by atoms with van der Waals surface area (Å²) in [6.07, 6.45) is 5.72. The summed E-state index contributed by atoms with van der Waals surface area (Å²) in [5.41, 5.74) is 2.32. The molecule has 2 aromatic heterocycles. The molecule has 1 N–H and O–H groups in total. The highest BCUT2D eigenvalue weighted by Crippen LogP contribution is 2.21. The number of rotatable bonds is 9. The van der Waals surface area contributed by atoms with E-state index in [1.807, 2.05) is 36.4 Å². The fraction of sp³-hybridized carbons (Fsp3) is 0.120. The first kappa shape index (κ1) is 21.1. The van der Waals surface area contributed by atoms with Crippen LogP contribution in [0.1, 0.15) is 27.4 Å². The minimum absolute atomic E-state index is 0.167. The van der Waals surface area contributed by atoms with Crippen LogP contribution in [0.5, 0.6) is 5.75 Å². The van der Waals surface area contributed by atoms with Crippen LogP contribution < -0.4 is 10.1 Å². The van der Waals surface area contributed by atoms with Gasteiger partial charge >= 0.3 is 0 Å². The molecular formula is C25H22FN3O3. The Bertz CT molecular complexity index is 1230. The predicted octanol–water partition coefficient (Wildman–Crippen LogP) is 5.22. The number of hydrogen-bond donors (Lipinski definition) is 1. The Kier molecular flexibility index (Phi) is 6.46. The molecule has 4 aromatic rings. The molecule has 0 bridgehead atoms. The first-order chi connectivity index (χ1) is 15.6. The lowest BCUT2D eigenvalue weighted by molar-refractivity contribution is 0.0992. The minimum Gasteiger partial charge on any atom is -0.485 e.